The lowest BCUT2D eigenvalue weighted by Gasteiger charge is -2.34. The Kier molecular flexibility index (Phi) is 3.19. The smallest absolute Gasteiger partial charge is 0.306 e. The molecule has 2 aliphatic heterocycles. The maximum absolute atomic E-state index is 13.0. The summed E-state index contributed by atoms with van der Waals surface area (Å²) in [5, 5.41) is 1.89. The normalized spacial score (nSPS) is 19.7. The SMILES string of the molecule is CN1NC=C2CCC3=CC=CN(c4cccc(C(F)(F)F)n4)C3=C21. The van der Waals surface area contributed by atoms with Crippen molar-refractivity contribution in [3.63, 3.8) is 0 Å². The Balaban J connectivity index is 1.84. The van der Waals surface area contributed by atoms with Crippen LogP contribution in [0.3, 0.4) is 0 Å². The van der Waals surface area contributed by atoms with E-state index in [4.69, 9.17) is 0 Å². The highest BCUT2D eigenvalue weighted by atomic mass is 19.4. The van der Waals surface area contributed by atoms with Crippen molar-refractivity contribution in [2.24, 2.45) is 0 Å². The molecule has 1 aromatic rings. The van der Waals surface area contributed by atoms with Crippen LogP contribution < -0.4 is 10.3 Å². The molecule has 0 spiro atoms. The molecule has 0 bridgehead atoms. The number of aromatic nitrogens is 1. The van der Waals surface area contributed by atoms with Crippen molar-refractivity contribution < 1.29 is 13.2 Å². The minimum atomic E-state index is -4.46. The third kappa shape index (κ3) is 2.28. The summed E-state index contributed by atoms with van der Waals surface area (Å²) in [4.78, 5) is 5.56. The monoisotopic (exact) mass is 332 g/mol. The van der Waals surface area contributed by atoms with Crippen LogP contribution in [0, 0.1) is 0 Å². The van der Waals surface area contributed by atoms with E-state index in [0.717, 1.165) is 41.4 Å². The number of hydrogen-bond acceptors (Lipinski definition) is 4. The van der Waals surface area contributed by atoms with Crippen molar-refractivity contribution in [1.29, 1.82) is 0 Å². The summed E-state index contributed by atoms with van der Waals surface area (Å²) in [5.74, 6) is 0.260. The van der Waals surface area contributed by atoms with Gasteiger partial charge in [-0.15, -0.1) is 0 Å². The molecule has 4 rings (SSSR count). The maximum atomic E-state index is 13.0. The van der Waals surface area contributed by atoms with Gasteiger partial charge >= 0.3 is 6.18 Å². The number of hydrazine groups is 1. The summed E-state index contributed by atoms with van der Waals surface area (Å²) in [7, 11) is 1.89. The fraction of sp³-hybridized carbons (Fsp3) is 0.235. The number of rotatable bonds is 1. The van der Waals surface area contributed by atoms with Gasteiger partial charge in [0.1, 0.15) is 11.5 Å². The van der Waals surface area contributed by atoms with Gasteiger partial charge in [0.25, 0.3) is 0 Å². The third-order valence-corrected chi connectivity index (χ3v) is 4.31. The largest absolute Gasteiger partial charge is 0.433 e. The second-order valence-electron chi connectivity index (χ2n) is 5.84. The Morgan fingerprint density at radius 1 is 1.12 bits per heavy atom. The predicted molar refractivity (Wildman–Crippen MR) is 84.2 cm³/mol. The van der Waals surface area contributed by atoms with E-state index >= 15 is 0 Å². The number of hydrogen-bond donors (Lipinski definition) is 1. The first kappa shape index (κ1) is 14.9. The van der Waals surface area contributed by atoms with Gasteiger partial charge in [0.15, 0.2) is 0 Å². The third-order valence-electron chi connectivity index (χ3n) is 4.31. The molecule has 0 unspecified atom stereocenters. The Hall–Kier alpha value is -2.70. The van der Waals surface area contributed by atoms with Crippen molar-refractivity contribution in [2.45, 2.75) is 19.0 Å². The summed E-state index contributed by atoms with van der Waals surface area (Å²) in [6, 6.07) is 3.97. The summed E-state index contributed by atoms with van der Waals surface area (Å²) in [6.45, 7) is 0. The van der Waals surface area contributed by atoms with Crippen LogP contribution in [0.1, 0.15) is 18.5 Å². The number of pyridine rings is 1. The summed E-state index contributed by atoms with van der Waals surface area (Å²) in [6.07, 6.45) is 4.83. The topological polar surface area (TPSA) is 31.4 Å². The van der Waals surface area contributed by atoms with E-state index in [1.54, 1.807) is 17.2 Å². The Morgan fingerprint density at radius 3 is 2.71 bits per heavy atom. The van der Waals surface area contributed by atoms with Crippen LogP contribution in [0.5, 0.6) is 0 Å². The molecule has 124 valence electrons. The summed E-state index contributed by atoms with van der Waals surface area (Å²) < 4.78 is 39.0. The minimum absolute atomic E-state index is 0.260. The fourth-order valence-electron chi connectivity index (χ4n) is 3.22. The molecule has 0 fully saturated rings. The van der Waals surface area contributed by atoms with Crippen LogP contribution in [-0.2, 0) is 6.18 Å². The van der Waals surface area contributed by atoms with Gasteiger partial charge < -0.3 is 5.43 Å². The zero-order valence-corrected chi connectivity index (χ0v) is 12.9. The molecule has 7 heteroatoms. The van der Waals surface area contributed by atoms with Gasteiger partial charge in [-0.3, -0.25) is 9.91 Å². The zero-order valence-electron chi connectivity index (χ0n) is 12.9. The van der Waals surface area contributed by atoms with Crippen LogP contribution in [0.4, 0.5) is 19.0 Å². The summed E-state index contributed by atoms with van der Waals surface area (Å²) >= 11 is 0. The van der Waals surface area contributed by atoms with Gasteiger partial charge in [0, 0.05) is 19.4 Å². The van der Waals surface area contributed by atoms with Gasteiger partial charge in [0.05, 0.1) is 11.4 Å². The van der Waals surface area contributed by atoms with Crippen molar-refractivity contribution in [3.05, 3.63) is 71.0 Å². The van der Waals surface area contributed by atoms with E-state index in [0.29, 0.717) is 0 Å². The first-order valence-electron chi connectivity index (χ1n) is 7.60. The zero-order chi connectivity index (χ0) is 16.9. The quantitative estimate of drug-likeness (QED) is 0.850. The first-order chi connectivity index (χ1) is 11.4. The van der Waals surface area contributed by atoms with E-state index in [9.17, 15) is 13.2 Å². The molecule has 0 atom stereocenters. The first-order valence-corrected chi connectivity index (χ1v) is 7.60. The molecule has 1 aliphatic carbocycles. The Bertz CT molecular complexity index is 817. The molecule has 3 aliphatic rings. The highest BCUT2D eigenvalue weighted by molar-refractivity contribution is 5.65. The van der Waals surface area contributed by atoms with Gasteiger partial charge in [-0.1, -0.05) is 12.1 Å². The highest BCUT2D eigenvalue weighted by Crippen LogP contribution is 2.41. The predicted octanol–water partition coefficient (Wildman–Crippen LogP) is 3.70. The molecule has 0 amide bonds. The van der Waals surface area contributed by atoms with Crippen LogP contribution in [0.15, 0.2) is 65.3 Å². The fourth-order valence-corrected chi connectivity index (χ4v) is 3.22. The number of nitrogens with zero attached hydrogens (tertiary/aromatic N) is 3. The molecule has 1 N–H and O–H groups in total. The second-order valence-corrected chi connectivity index (χ2v) is 5.84. The van der Waals surface area contributed by atoms with E-state index in [-0.39, 0.29) is 5.82 Å². The molecule has 0 saturated heterocycles. The van der Waals surface area contributed by atoms with E-state index < -0.39 is 11.9 Å². The molecule has 3 heterocycles. The molecule has 24 heavy (non-hydrogen) atoms. The average molecular weight is 332 g/mol. The summed E-state index contributed by atoms with van der Waals surface area (Å²) in [5.41, 5.74) is 6.36. The molecular formula is C17H15F3N4. The number of allylic oxidation sites excluding steroid dienone is 4. The molecule has 0 saturated carbocycles. The molecule has 0 radical (unpaired) electrons. The number of likely N-dealkylation sites (N-methyl/N-ethyl adjacent to an activating group) is 1. The second kappa shape index (κ2) is 5.15. The van der Waals surface area contributed by atoms with Gasteiger partial charge in [0.2, 0.25) is 0 Å². The number of anilines is 1. The van der Waals surface area contributed by atoms with E-state index in [1.807, 2.05) is 30.4 Å². The average Bonchev–Trinajstić information content (AvgIpc) is 2.95. The van der Waals surface area contributed by atoms with Crippen molar-refractivity contribution in [3.8, 4) is 0 Å². The van der Waals surface area contributed by atoms with Crippen LogP contribution >= 0.6 is 0 Å². The molecular weight excluding hydrogens is 317 g/mol. The number of nitrogens with one attached hydrogen (secondary N) is 1. The minimum Gasteiger partial charge on any atom is -0.306 e. The van der Waals surface area contributed by atoms with Crippen molar-refractivity contribution in [1.82, 2.24) is 15.4 Å². The highest BCUT2D eigenvalue weighted by Gasteiger charge is 2.35. The van der Waals surface area contributed by atoms with Crippen LogP contribution in [-0.4, -0.2) is 17.0 Å². The molecule has 1 aromatic heterocycles. The lowest BCUT2D eigenvalue weighted by atomic mass is 9.90. The van der Waals surface area contributed by atoms with Crippen LogP contribution in [0.2, 0.25) is 0 Å². The van der Waals surface area contributed by atoms with E-state index in [1.165, 1.54) is 6.07 Å². The lowest BCUT2D eigenvalue weighted by molar-refractivity contribution is -0.141. The van der Waals surface area contributed by atoms with Crippen LogP contribution in [0.25, 0.3) is 0 Å². The molecule has 0 aromatic carbocycles. The number of alkyl halides is 3. The standard InChI is InChI=1S/C17H15F3N4/c1-23-15-12(10-21-23)8-7-11-4-3-9-24(16(11)15)14-6-2-5-13(22-14)17(18,19)20/h2-6,9-10,21H,7-8H2,1H3. The van der Waals surface area contributed by atoms with Gasteiger partial charge in [-0.2, -0.15) is 13.2 Å². The van der Waals surface area contributed by atoms with Crippen molar-refractivity contribution >= 4 is 5.82 Å². The van der Waals surface area contributed by atoms with Gasteiger partial charge in [-0.25, -0.2) is 4.98 Å². The molecule has 4 nitrogen and oxygen atoms in total. The Labute approximate surface area is 137 Å². The maximum Gasteiger partial charge on any atom is 0.433 e. The number of fused-ring (bicyclic) bond motifs is 2. The van der Waals surface area contributed by atoms with Gasteiger partial charge in [-0.05, 0) is 42.2 Å². The van der Waals surface area contributed by atoms with Crippen molar-refractivity contribution in [2.75, 3.05) is 11.9 Å². The Morgan fingerprint density at radius 2 is 1.92 bits per heavy atom. The van der Waals surface area contributed by atoms with E-state index in [2.05, 4.69) is 10.4 Å². The lowest BCUT2D eigenvalue weighted by Crippen LogP contribution is -2.32. The number of halogens is 3.